The number of morpholine rings is 1. The van der Waals surface area contributed by atoms with E-state index in [0.29, 0.717) is 38.5 Å². The van der Waals surface area contributed by atoms with Gasteiger partial charge in [-0.05, 0) is 57.2 Å². The molecule has 184 valence electrons. The summed E-state index contributed by atoms with van der Waals surface area (Å²) in [4.78, 5) is 15.0. The minimum absolute atomic E-state index is 0.0358. The monoisotopic (exact) mass is 480 g/mol. The van der Waals surface area contributed by atoms with E-state index in [4.69, 9.17) is 9.47 Å². The van der Waals surface area contributed by atoms with Crippen molar-refractivity contribution in [2.45, 2.75) is 56.1 Å². The zero-order valence-electron chi connectivity index (χ0n) is 19.4. The Kier molecular flexibility index (Phi) is 8.11. The third-order valence-electron chi connectivity index (χ3n) is 6.70. The van der Waals surface area contributed by atoms with Crippen LogP contribution in [0.25, 0.3) is 0 Å². The first kappa shape index (κ1) is 24.3. The molecule has 0 aliphatic carbocycles. The second-order valence-electron chi connectivity index (χ2n) is 9.03. The van der Waals surface area contributed by atoms with E-state index in [1.54, 1.807) is 18.2 Å². The Labute approximate surface area is 196 Å². The second kappa shape index (κ2) is 11.0. The number of hydrogen-bond acceptors (Lipinski definition) is 7. The van der Waals surface area contributed by atoms with Gasteiger partial charge in [0.1, 0.15) is 0 Å². The molecular formula is C23H36N4O5S. The molecule has 3 fully saturated rings. The summed E-state index contributed by atoms with van der Waals surface area (Å²) < 4.78 is 38.8. The maximum Gasteiger partial charge on any atom is 0.243 e. The van der Waals surface area contributed by atoms with E-state index in [2.05, 4.69) is 17.6 Å². The number of nitrogens with zero attached hydrogens (tertiary/aromatic N) is 2. The van der Waals surface area contributed by atoms with Crippen LogP contribution in [0.2, 0.25) is 0 Å². The van der Waals surface area contributed by atoms with Gasteiger partial charge in [0.05, 0.1) is 42.1 Å². The highest BCUT2D eigenvalue weighted by atomic mass is 32.2. The Morgan fingerprint density at radius 3 is 2.58 bits per heavy atom. The quantitative estimate of drug-likeness (QED) is 0.588. The largest absolute Gasteiger partial charge is 0.381 e. The molecule has 0 spiro atoms. The van der Waals surface area contributed by atoms with E-state index >= 15 is 0 Å². The van der Waals surface area contributed by atoms with Crippen LogP contribution >= 0.6 is 0 Å². The van der Waals surface area contributed by atoms with Gasteiger partial charge < -0.3 is 25.0 Å². The van der Waals surface area contributed by atoms with Gasteiger partial charge in [-0.3, -0.25) is 4.79 Å². The van der Waals surface area contributed by atoms with E-state index in [1.807, 2.05) is 4.90 Å². The van der Waals surface area contributed by atoms with E-state index in [1.165, 1.54) is 4.31 Å². The summed E-state index contributed by atoms with van der Waals surface area (Å²) >= 11 is 0. The first-order valence-electron chi connectivity index (χ1n) is 12.1. The number of nitrogens with one attached hydrogen (secondary N) is 2. The lowest BCUT2D eigenvalue weighted by molar-refractivity contribution is -0.132. The fourth-order valence-corrected chi connectivity index (χ4v) is 6.13. The summed E-state index contributed by atoms with van der Waals surface area (Å²) in [5.74, 6) is 0.0358. The molecule has 0 bridgehead atoms. The number of amides is 1. The number of carbonyl (C=O) groups is 1. The van der Waals surface area contributed by atoms with Crippen LogP contribution in [-0.4, -0.2) is 88.2 Å². The molecule has 0 aromatic heterocycles. The number of hydrogen-bond donors (Lipinski definition) is 2. The molecule has 2 atom stereocenters. The SMILES string of the molecule is CC1CCCCN1C(=O)CNc1cc(S(=O)(=O)N2CCOCC2)ccc1NCC1CCCO1. The third kappa shape index (κ3) is 5.98. The van der Waals surface area contributed by atoms with Gasteiger partial charge >= 0.3 is 0 Å². The van der Waals surface area contributed by atoms with Crippen LogP contribution in [0.5, 0.6) is 0 Å². The summed E-state index contributed by atoms with van der Waals surface area (Å²) in [5, 5.41) is 6.60. The topological polar surface area (TPSA) is 100 Å². The Balaban J connectivity index is 1.51. The van der Waals surface area contributed by atoms with Crippen molar-refractivity contribution in [3.63, 3.8) is 0 Å². The number of likely N-dealkylation sites (tertiary alicyclic amines) is 1. The number of anilines is 2. The minimum Gasteiger partial charge on any atom is -0.381 e. The van der Waals surface area contributed by atoms with Crippen molar-refractivity contribution in [1.29, 1.82) is 0 Å². The average molecular weight is 481 g/mol. The Bertz CT molecular complexity index is 913. The number of rotatable bonds is 8. The highest BCUT2D eigenvalue weighted by molar-refractivity contribution is 7.89. The van der Waals surface area contributed by atoms with Crippen LogP contribution in [0.15, 0.2) is 23.1 Å². The van der Waals surface area contributed by atoms with Gasteiger partial charge in [0, 0.05) is 38.8 Å². The number of carbonyl (C=O) groups excluding carboxylic acids is 1. The highest BCUT2D eigenvalue weighted by Gasteiger charge is 2.28. The molecule has 3 aliphatic heterocycles. The van der Waals surface area contributed by atoms with Crippen LogP contribution in [0.4, 0.5) is 11.4 Å². The van der Waals surface area contributed by atoms with Gasteiger partial charge in [-0.2, -0.15) is 4.31 Å². The predicted octanol–water partition coefficient (Wildman–Crippen LogP) is 2.11. The van der Waals surface area contributed by atoms with Crippen LogP contribution < -0.4 is 10.6 Å². The molecular weight excluding hydrogens is 444 g/mol. The molecule has 9 nitrogen and oxygen atoms in total. The lowest BCUT2D eigenvalue weighted by atomic mass is 10.0. The molecule has 3 aliphatic rings. The van der Waals surface area contributed by atoms with Gasteiger partial charge in [-0.25, -0.2) is 8.42 Å². The fraction of sp³-hybridized carbons (Fsp3) is 0.696. The van der Waals surface area contributed by atoms with Gasteiger partial charge in [0.25, 0.3) is 0 Å². The molecule has 4 rings (SSSR count). The van der Waals surface area contributed by atoms with Crippen LogP contribution in [0.3, 0.4) is 0 Å². The van der Waals surface area contributed by atoms with Crippen molar-refractivity contribution in [3.05, 3.63) is 18.2 Å². The second-order valence-corrected chi connectivity index (χ2v) is 11.0. The van der Waals surface area contributed by atoms with Crippen molar-refractivity contribution < 1.29 is 22.7 Å². The van der Waals surface area contributed by atoms with Crippen LogP contribution in [0, 0.1) is 0 Å². The molecule has 1 aromatic rings. The van der Waals surface area contributed by atoms with Crippen molar-refractivity contribution in [2.75, 3.05) is 63.2 Å². The Morgan fingerprint density at radius 1 is 1.03 bits per heavy atom. The van der Waals surface area contributed by atoms with Gasteiger partial charge in [0.15, 0.2) is 0 Å². The molecule has 10 heteroatoms. The Hall–Kier alpha value is -1.88. The van der Waals surface area contributed by atoms with Gasteiger partial charge in [-0.1, -0.05) is 0 Å². The molecule has 33 heavy (non-hydrogen) atoms. The predicted molar refractivity (Wildman–Crippen MR) is 127 cm³/mol. The van der Waals surface area contributed by atoms with Crippen molar-refractivity contribution in [1.82, 2.24) is 9.21 Å². The van der Waals surface area contributed by atoms with E-state index < -0.39 is 10.0 Å². The molecule has 3 saturated heterocycles. The van der Waals surface area contributed by atoms with Crippen molar-refractivity contribution in [2.24, 2.45) is 0 Å². The van der Waals surface area contributed by atoms with Crippen molar-refractivity contribution in [3.8, 4) is 0 Å². The average Bonchev–Trinajstić information content (AvgIpc) is 3.36. The summed E-state index contributed by atoms with van der Waals surface area (Å²) in [6.07, 6.45) is 5.40. The first-order chi connectivity index (χ1) is 15.9. The lowest BCUT2D eigenvalue weighted by Crippen LogP contribution is -2.44. The third-order valence-corrected chi connectivity index (χ3v) is 8.59. The molecule has 3 heterocycles. The van der Waals surface area contributed by atoms with E-state index in [-0.39, 0.29) is 29.5 Å². The smallest absolute Gasteiger partial charge is 0.243 e. The first-order valence-corrected chi connectivity index (χ1v) is 13.5. The maximum absolute atomic E-state index is 13.2. The zero-order chi connectivity index (χ0) is 23.3. The summed E-state index contributed by atoms with van der Waals surface area (Å²) in [7, 11) is -3.63. The van der Waals surface area contributed by atoms with Crippen LogP contribution in [-0.2, 0) is 24.3 Å². The van der Waals surface area contributed by atoms with E-state index in [0.717, 1.165) is 50.9 Å². The normalized spacial score (nSPS) is 24.6. The minimum atomic E-state index is -3.63. The van der Waals surface area contributed by atoms with Crippen LogP contribution in [0.1, 0.15) is 39.0 Å². The standard InChI is InChI=1S/C23H36N4O5S/c1-18-5-2-3-9-27(18)23(28)17-25-22-15-20(33(29,30)26-10-13-31-14-11-26)7-8-21(22)24-16-19-6-4-12-32-19/h7-8,15,18-19,24-25H,2-6,9-14,16-17H2,1H3. The van der Waals surface area contributed by atoms with Crippen molar-refractivity contribution >= 4 is 27.3 Å². The Morgan fingerprint density at radius 2 is 1.85 bits per heavy atom. The number of sulfonamides is 1. The summed E-state index contributed by atoms with van der Waals surface area (Å²) in [6, 6.07) is 5.27. The highest BCUT2D eigenvalue weighted by Crippen LogP contribution is 2.28. The summed E-state index contributed by atoms with van der Waals surface area (Å²) in [5.41, 5.74) is 1.38. The molecule has 0 saturated carbocycles. The lowest BCUT2D eigenvalue weighted by Gasteiger charge is -2.33. The van der Waals surface area contributed by atoms with Gasteiger partial charge in [0.2, 0.25) is 15.9 Å². The number of benzene rings is 1. The van der Waals surface area contributed by atoms with E-state index in [9.17, 15) is 13.2 Å². The molecule has 1 aromatic carbocycles. The number of ether oxygens (including phenoxy) is 2. The molecule has 0 radical (unpaired) electrons. The summed E-state index contributed by atoms with van der Waals surface area (Å²) in [6.45, 7) is 5.88. The molecule has 1 amide bonds. The zero-order valence-corrected chi connectivity index (χ0v) is 20.2. The number of piperidine rings is 1. The maximum atomic E-state index is 13.2. The van der Waals surface area contributed by atoms with Gasteiger partial charge in [-0.15, -0.1) is 0 Å². The molecule has 2 unspecified atom stereocenters. The fourth-order valence-electron chi connectivity index (χ4n) is 4.69. The molecule has 2 N–H and O–H groups in total.